The van der Waals surface area contributed by atoms with Crippen molar-refractivity contribution >= 4 is 34.0 Å². The van der Waals surface area contributed by atoms with Gasteiger partial charge in [-0.15, -0.1) is 12.4 Å². The summed E-state index contributed by atoms with van der Waals surface area (Å²) < 4.78 is 41.4. The van der Waals surface area contributed by atoms with Gasteiger partial charge in [-0.2, -0.15) is 4.31 Å². The molecule has 2 heterocycles. The fraction of sp³-hybridized carbons (Fsp3) is 0.696. The molecule has 2 saturated heterocycles. The summed E-state index contributed by atoms with van der Waals surface area (Å²) in [5.41, 5.74) is 3.05. The van der Waals surface area contributed by atoms with Gasteiger partial charge < -0.3 is 15.3 Å². The normalized spacial score (nSPS) is 18.9. The minimum absolute atomic E-state index is 0. The minimum atomic E-state index is -3.99. The number of aryl methyl sites for hydroxylation is 1. The number of nitrogens with one attached hydrogen (secondary N) is 1. The second-order valence-electron chi connectivity index (χ2n) is 8.99. The number of hydrogen-bond acceptors (Lipinski definition) is 6. The van der Waals surface area contributed by atoms with Crippen LogP contribution in [-0.4, -0.2) is 84.8 Å². The van der Waals surface area contributed by atoms with Crippen LogP contribution in [0.4, 0.5) is 10.1 Å². The number of nitrogens with zero attached hydrogens (tertiary/aromatic N) is 3. The fourth-order valence-corrected chi connectivity index (χ4v) is 6.99. The Hall–Kier alpha value is -1.50. The molecule has 12 heteroatoms. The number of carbonyl (C=O) groups is 1. The summed E-state index contributed by atoms with van der Waals surface area (Å²) in [6.07, 6.45) is 4.12. The van der Waals surface area contributed by atoms with Crippen molar-refractivity contribution < 1.29 is 28.3 Å². The number of rotatable bonds is 9. The van der Waals surface area contributed by atoms with E-state index < -0.39 is 20.7 Å². The number of likely N-dealkylation sites (tertiary alicyclic amines) is 1. The Balaban J connectivity index is 0.00000306. The van der Waals surface area contributed by atoms with Crippen molar-refractivity contribution in [2.45, 2.75) is 57.1 Å². The summed E-state index contributed by atoms with van der Waals surface area (Å²) in [6.45, 7) is 7.08. The topological polar surface area (TPSA) is 125 Å². The van der Waals surface area contributed by atoms with Gasteiger partial charge in [-0.3, -0.25) is 10.0 Å². The monoisotopic (exact) mass is 538 g/mol. The number of benzene rings is 1. The number of anilines is 1. The van der Waals surface area contributed by atoms with Crippen molar-refractivity contribution in [3.8, 4) is 0 Å². The van der Waals surface area contributed by atoms with Gasteiger partial charge in [0, 0.05) is 45.0 Å². The Kier molecular flexibility index (Phi) is 12.4. The average molecular weight is 539 g/mol. The Bertz CT molecular complexity index is 920. The molecule has 0 spiro atoms. The van der Waals surface area contributed by atoms with Gasteiger partial charge in [-0.1, -0.05) is 32.8 Å². The molecule has 0 aliphatic carbocycles. The molecule has 202 valence electrons. The second kappa shape index (κ2) is 13.7. The Morgan fingerprint density at radius 2 is 1.71 bits per heavy atom. The van der Waals surface area contributed by atoms with E-state index >= 15 is 0 Å². The highest BCUT2D eigenvalue weighted by Gasteiger charge is 2.54. The van der Waals surface area contributed by atoms with Crippen LogP contribution >= 0.6 is 12.4 Å². The number of amides is 1. The van der Waals surface area contributed by atoms with Crippen molar-refractivity contribution in [2.75, 3.05) is 50.7 Å². The number of piperazine rings is 1. The molecule has 0 bridgehead atoms. The van der Waals surface area contributed by atoms with Gasteiger partial charge in [0.25, 0.3) is 5.91 Å². The number of hydrogen-bond donors (Lipinski definition) is 2. The van der Waals surface area contributed by atoms with Crippen LogP contribution in [0.15, 0.2) is 18.2 Å². The molecule has 0 unspecified atom stereocenters. The van der Waals surface area contributed by atoms with Gasteiger partial charge in [-0.25, -0.2) is 18.3 Å². The SMILES string of the molecule is CCCCCc1ccc(N2CCN(S(=O)(=O)C3(C(=O)NO)CCN(CC)CC3)CC2)cc1F.Cl.O. The molecule has 4 N–H and O–H groups in total. The third kappa shape index (κ3) is 6.64. The molecular formula is C23H40ClFN4O5S. The van der Waals surface area contributed by atoms with E-state index in [1.54, 1.807) is 5.48 Å². The van der Waals surface area contributed by atoms with Gasteiger partial charge >= 0.3 is 0 Å². The third-order valence-corrected chi connectivity index (χ3v) is 9.78. The number of unbranched alkanes of at least 4 members (excludes halogenated alkanes) is 2. The zero-order valence-corrected chi connectivity index (χ0v) is 22.3. The quantitative estimate of drug-likeness (QED) is 0.281. The maximum atomic E-state index is 14.6. The van der Waals surface area contributed by atoms with E-state index in [1.807, 2.05) is 24.0 Å². The molecular weight excluding hydrogens is 499 g/mol. The molecule has 0 radical (unpaired) electrons. The molecule has 2 aliphatic rings. The second-order valence-corrected chi connectivity index (χ2v) is 11.2. The lowest BCUT2D eigenvalue weighted by atomic mass is 9.95. The van der Waals surface area contributed by atoms with Gasteiger partial charge in [0.2, 0.25) is 10.0 Å². The number of halogens is 2. The first-order valence-electron chi connectivity index (χ1n) is 12.0. The molecule has 0 saturated carbocycles. The summed E-state index contributed by atoms with van der Waals surface area (Å²) in [4.78, 5) is 16.7. The first-order chi connectivity index (χ1) is 15.8. The Labute approximate surface area is 214 Å². The van der Waals surface area contributed by atoms with Crippen LogP contribution < -0.4 is 10.4 Å². The Morgan fingerprint density at radius 3 is 2.23 bits per heavy atom. The van der Waals surface area contributed by atoms with Crippen LogP contribution in [0.25, 0.3) is 0 Å². The molecule has 1 aromatic carbocycles. The third-order valence-electron chi connectivity index (χ3n) is 7.15. The summed E-state index contributed by atoms with van der Waals surface area (Å²) >= 11 is 0. The lowest BCUT2D eigenvalue weighted by molar-refractivity contribution is -0.133. The molecule has 1 amide bonds. The van der Waals surface area contributed by atoms with E-state index in [0.29, 0.717) is 31.7 Å². The van der Waals surface area contributed by atoms with Crippen LogP contribution in [-0.2, 0) is 21.2 Å². The standard InChI is InChI=1S/C23H37FN4O4S.ClH.H2O/c1-3-5-6-7-19-8-9-20(18-21(19)24)27-14-16-28(17-15-27)33(31,32)23(22(29)25-30)10-12-26(4-2)13-11-23;;/h8-9,18,30H,3-7,10-17H2,1-2H3,(H,25,29);1H;1H2. The summed E-state index contributed by atoms with van der Waals surface area (Å²) in [7, 11) is -3.99. The highest BCUT2D eigenvalue weighted by molar-refractivity contribution is 7.91. The van der Waals surface area contributed by atoms with Crippen LogP contribution in [0.5, 0.6) is 0 Å². The van der Waals surface area contributed by atoms with E-state index in [0.717, 1.165) is 37.9 Å². The lowest BCUT2D eigenvalue weighted by Crippen LogP contribution is -2.63. The maximum absolute atomic E-state index is 14.6. The number of piperidine rings is 1. The van der Waals surface area contributed by atoms with Crippen molar-refractivity contribution in [1.82, 2.24) is 14.7 Å². The molecule has 0 atom stereocenters. The highest BCUT2D eigenvalue weighted by Crippen LogP contribution is 2.34. The van der Waals surface area contributed by atoms with Crippen LogP contribution in [0.2, 0.25) is 0 Å². The average Bonchev–Trinajstić information content (AvgIpc) is 2.84. The molecule has 2 fully saturated rings. The lowest BCUT2D eigenvalue weighted by Gasteiger charge is -2.44. The first-order valence-corrected chi connectivity index (χ1v) is 13.4. The molecule has 1 aromatic rings. The molecule has 9 nitrogen and oxygen atoms in total. The fourth-order valence-electron chi connectivity index (χ4n) is 4.87. The smallest absolute Gasteiger partial charge is 0.266 e. The van der Waals surface area contributed by atoms with Crippen molar-refractivity contribution in [3.63, 3.8) is 0 Å². The summed E-state index contributed by atoms with van der Waals surface area (Å²) in [5, 5.41) is 9.30. The minimum Gasteiger partial charge on any atom is -0.412 e. The van der Waals surface area contributed by atoms with Crippen molar-refractivity contribution in [2.24, 2.45) is 0 Å². The molecule has 3 rings (SSSR count). The van der Waals surface area contributed by atoms with E-state index in [4.69, 9.17) is 0 Å². The van der Waals surface area contributed by atoms with Crippen molar-refractivity contribution in [3.05, 3.63) is 29.6 Å². The van der Waals surface area contributed by atoms with E-state index in [2.05, 4.69) is 11.8 Å². The molecule has 0 aromatic heterocycles. The van der Waals surface area contributed by atoms with E-state index in [-0.39, 0.29) is 49.6 Å². The van der Waals surface area contributed by atoms with Crippen LogP contribution in [0.3, 0.4) is 0 Å². The predicted octanol–water partition coefficient (Wildman–Crippen LogP) is 1.97. The van der Waals surface area contributed by atoms with Gasteiger partial charge in [0.1, 0.15) is 5.82 Å². The Morgan fingerprint density at radius 1 is 1.09 bits per heavy atom. The largest absolute Gasteiger partial charge is 0.412 e. The number of hydroxylamine groups is 1. The van der Waals surface area contributed by atoms with Gasteiger partial charge in [0.15, 0.2) is 4.75 Å². The summed E-state index contributed by atoms with van der Waals surface area (Å²) in [5.74, 6) is -1.08. The van der Waals surface area contributed by atoms with Gasteiger partial charge in [-0.05, 0) is 49.9 Å². The summed E-state index contributed by atoms with van der Waals surface area (Å²) in [6, 6.07) is 5.26. The first kappa shape index (κ1) is 31.5. The molecule has 35 heavy (non-hydrogen) atoms. The zero-order valence-electron chi connectivity index (χ0n) is 20.6. The van der Waals surface area contributed by atoms with Gasteiger partial charge in [0.05, 0.1) is 0 Å². The van der Waals surface area contributed by atoms with Crippen LogP contribution in [0, 0.1) is 5.82 Å². The number of sulfonamides is 1. The van der Waals surface area contributed by atoms with Crippen LogP contribution in [0.1, 0.15) is 51.5 Å². The maximum Gasteiger partial charge on any atom is 0.266 e. The van der Waals surface area contributed by atoms with Crippen molar-refractivity contribution in [1.29, 1.82) is 0 Å². The van der Waals surface area contributed by atoms with E-state index in [9.17, 15) is 22.8 Å². The molecule has 2 aliphatic heterocycles. The van der Waals surface area contributed by atoms with E-state index in [1.165, 1.54) is 10.4 Å². The number of carbonyl (C=O) groups excluding carboxylic acids is 1. The highest BCUT2D eigenvalue weighted by atomic mass is 35.5. The predicted molar refractivity (Wildman–Crippen MR) is 137 cm³/mol. The zero-order chi connectivity index (χ0) is 24.1.